The van der Waals surface area contributed by atoms with Crippen molar-refractivity contribution in [1.82, 2.24) is 10.6 Å². The summed E-state index contributed by atoms with van der Waals surface area (Å²) in [6.07, 6.45) is 2.97. The molecule has 0 aliphatic carbocycles. The number of hydrogen-bond donors (Lipinski definition) is 2. The second kappa shape index (κ2) is 15.3. The molecule has 0 amide bonds. The van der Waals surface area contributed by atoms with Crippen LogP contribution >= 0.6 is 24.0 Å². The Morgan fingerprint density at radius 2 is 1.75 bits per heavy atom. The molecule has 0 aromatic heterocycles. The minimum absolute atomic E-state index is 0. The maximum absolute atomic E-state index is 13.2. The first-order valence-corrected chi connectivity index (χ1v) is 9.66. The monoisotopic (exact) mass is 499 g/mol. The van der Waals surface area contributed by atoms with Gasteiger partial charge in [0.2, 0.25) is 0 Å². The number of ether oxygens (including phenoxy) is 1. The summed E-state index contributed by atoms with van der Waals surface area (Å²) in [5, 5.41) is 6.52. The highest BCUT2D eigenvalue weighted by Gasteiger charge is 1.99. The average Bonchev–Trinajstić information content (AvgIpc) is 2.69. The van der Waals surface area contributed by atoms with Gasteiger partial charge in [-0.2, -0.15) is 0 Å². The quantitative estimate of drug-likeness (QED) is 0.207. The molecule has 0 radical (unpaired) electrons. The van der Waals surface area contributed by atoms with Crippen molar-refractivity contribution >= 4 is 29.9 Å². The second-order valence-corrected chi connectivity index (χ2v) is 6.31. The molecule has 2 rings (SSSR count). The molecule has 4 nitrogen and oxygen atoms in total. The van der Waals surface area contributed by atoms with Crippen molar-refractivity contribution in [3.05, 3.63) is 71.5 Å². The lowest BCUT2D eigenvalue weighted by Gasteiger charge is -2.11. The van der Waals surface area contributed by atoms with Crippen LogP contribution in [0.5, 0.6) is 0 Å². The first-order chi connectivity index (χ1) is 13.3. The van der Waals surface area contributed by atoms with Crippen LogP contribution in [-0.4, -0.2) is 32.3 Å². The van der Waals surface area contributed by atoms with E-state index in [1.807, 2.05) is 19.1 Å². The molecule has 0 aliphatic rings. The van der Waals surface area contributed by atoms with Gasteiger partial charge in [0.1, 0.15) is 5.82 Å². The average molecular weight is 499 g/mol. The topological polar surface area (TPSA) is 45.7 Å². The zero-order valence-corrected chi connectivity index (χ0v) is 18.8. The summed E-state index contributed by atoms with van der Waals surface area (Å²) in [6.45, 7) is 5.63. The number of guanidine groups is 1. The molecule has 0 heterocycles. The number of unbranched alkanes of at least 4 members (excludes halogenated alkanes) is 1. The van der Waals surface area contributed by atoms with Crippen molar-refractivity contribution in [3.63, 3.8) is 0 Å². The number of aliphatic imine (C=N–C) groups is 1. The van der Waals surface area contributed by atoms with Gasteiger partial charge in [-0.1, -0.05) is 42.5 Å². The lowest BCUT2D eigenvalue weighted by atomic mass is 10.2. The normalized spacial score (nSPS) is 11.0. The van der Waals surface area contributed by atoms with Crippen molar-refractivity contribution in [2.45, 2.75) is 32.7 Å². The summed E-state index contributed by atoms with van der Waals surface area (Å²) >= 11 is 0. The third kappa shape index (κ3) is 10.6. The van der Waals surface area contributed by atoms with Gasteiger partial charge in [-0.15, -0.1) is 24.0 Å². The van der Waals surface area contributed by atoms with E-state index in [2.05, 4.69) is 39.9 Å². The predicted octanol–water partition coefficient (Wildman–Crippen LogP) is 4.54. The highest BCUT2D eigenvalue weighted by atomic mass is 127. The number of benzene rings is 2. The van der Waals surface area contributed by atoms with Gasteiger partial charge in [-0.05, 0) is 49.4 Å². The molecule has 0 spiro atoms. The molecule has 154 valence electrons. The Kier molecular flexibility index (Phi) is 13.3. The Morgan fingerprint density at radius 1 is 0.964 bits per heavy atom. The van der Waals surface area contributed by atoms with Crippen LogP contribution in [0.4, 0.5) is 4.39 Å². The molecular formula is C22H31FIN3O. The van der Waals surface area contributed by atoms with Crippen LogP contribution in [0.25, 0.3) is 0 Å². The van der Waals surface area contributed by atoms with Crippen molar-refractivity contribution in [3.8, 4) is 0 Å². The van der Waals surface area contributed by atoms with Crippen molar-refractivity contribution in [1.29, 1.82) is 0 Å². The van der Waals surface area contributed by atoms with Gasteiger partial charge in [0.05, 0.1) is 13.2 Å². The number of rotatable bonds is 11. The van der Waals surface area contributed by atoms with Crippen LogP contribution < -0.4 is 10.6 Å². The molecule has 2 aromatic rings. The van der Waals surface area contributed by atoms with Crippen LogP contribution in [0.15, 0.2) is 59.6 Å². The first-order valence-electron chi connectivity index (χ1n) is 9.66. The summed E-state index contributed by atoms with van der Waals surface area (Å²) in [4.78, 5) is 4.50. The van der Waals surface area contributed by atoms with Gasteiger partial charge in [-0.3, -0.25) is 0 Å². The van der Waals surface area contributed by atoms with Crippen molar-refractivity contribution in [2.75, 3.05) is 26.3 Å². The zero-order valence-electron chi connectivity index (χ0n) is 16.5. The Balaban J connectivity index is 0.00000392. The van der Waals surface area contributed by atoms with E-state index in [0.717, 1.165) is 57.1 Å². The maximum atomic E-state index is 13.2. The zero-order chi connectivity index (χ0) is 19.2. The molecule has 0 atom stereocenters. The summed E-state index contributed by atoms with van der Waals surface area (Å²) in [7, 11) is 0. The van der Waals surface area contributed by atoms with E-state index in [-0.39, 0.29) is 29.8 Å². The van der Waals surface area contributed by atoms with Crippen LogP contribution in [0.1, 0.15) is 30.9 Å². The molecule has 0 fully saturated rings. The molecular weight excluding hydrogens is 468 g/mol. The van der Waals surface area contributed by atoms with Crippen molar-refractivity contribution in [2.24, 2.45) is 4.99 Å². The molecule has 2 N–H and O–H groups in total. The SMILES string of the molecule is CCNC(=NCc1cccc(F)c1)NCCCCOCCc1ccccc1.I. The third-order valence-corrected chi connectivity index (χ3v) is 4.04. The second-order valence-electron chi connectivity index (χ2n) is 6.31. The van der Waals surface area contributed by atoms with Gasteiger partial charge < -0.3 is 15.4 Å². The molecule has 0 saturated heterocycles. The molecule has 6 heteroatoms. The number of nitrogens with zero attached hydrogens (tertiary/aromatic N) is 1. The lowest BCUT2D eigenvalue weighted by molar-refractivity contribution is 0.133. The largest absolute Gasteiger partial charge is 0.381 e. The summed E-state index contributed by atoms with van der Waals surface area (Å²) in [5.74, 6) is 0.527. The smallest absolute Gasteiger partial charge is 0.191 e. The van der Waals surface area contributed by atoms with E-state index in [1.165, 1.54) is 17.7 Å². The third-order valence-electron chi connectivity index (χ3n) is 4.04. The fourth-order valence-corrected chi connectivity index (χ4v) is 2.62. The Bertz CT molecular complexity index is 682. The maximum Gasteiger partial charge on any atom is 0.191 e. The minimum Gasteiger partial charge on any atom is -0.381 e. The fraction of sp³-hybridized carbons (Fsp3) is 0.409. The van der Waals surface area contributed by atoms with Gasteiger partial charge in [-0.25, -0.2) is 9.38 Å². The highest BCUT2D eigenvalue weighted by Crippen LogP contribution is 2.04. The summed E-state index contributed by atoms with van der Waals surface area (Å²) in [6, 6.07) is 16.9. The Morgan fingerprint density at radius 3 is 2.50 bits per heavy atom. The molecule has 28 heavy (non-hydrogen) atoms. The fourth-order valence-electron chi connectivity index (χ4n) is 2.62. The predicted molar refractivity (Wildman–Crippen MR) is 125 cm³/mol. The molecule has 2 aromatic carbocycles. The minimum atomic E-state index is -0.229. The van der Waals surface area contributed by atoms with Crippen LogP contribution in [0.2, 0.25) is 0 Å². The van der Waals surface area contributed by atoms with E-state index in [0.29, 0.717) is 6.54 Å². The number of hydrogen-bond acceptors (Lipinski definition) is 2. The van der Waals surface area contributed by atoms with E-state index >= 15 is 0 Å². The van der Waals surface area contributed by atoms with Crippen LogP contribution in [-0.2, 0) is 17.7 Å². The lowest BCUT2D eigenvalue weighted by Crippen LogP contribution is -2.37. The molecule has 0 aliphatic heterocycles. The van der Waals surface area contributed by atoms with Gasteiger partial charge in [0, 0.05) is 19.7 Å². The molecule has 0 bridgehead atoms. The number of halogens is 2. The van der Waals surface area contributed by atoms with E-state index < -0.39 is 0 Å². The van der Waals surface area contributed by atoms with Gasteiger partial charge >= 0.3 is 0 Å². The first kappa shape index (κ1) is 24.4. The van der Waals surface area contributed by atoms with E-state index in [1.54, 1.807) is 6.07 Å². The highest BCUT2D eigenvalue weighted by molar-refractivity contribution is 14.0. The van der Waals surface area contributed by atoms with E-state index in [9.17, 15) is 4.39 Å². The Hall–Kier alpha value is -1.67. The summed E-state index contributed by atoms with van der Waals surface area (Å²) < 4.78 is 18.9. The van der Waals surface area contributed by atoms with E-state index in [4.69, 9.17) is 4.74 Å². The molecule has 0 unspecified atom stereocenters. The Labute approximate surface area is 185 Å². The standard InChI is InChI=1S/C22H30FN3O.HI/c1-2-24-22(26-18-20-11-8-12-21(23)17-20)25-14-6-7-15-27-16-13-19-9-4-3-5-10-19;/h3-5,8-12,17H,2,6-7,13-16,18H2,1H3,(H2,24,25,26);1H. The van der Waals surface area contributed by atoms with Gasteiger partial charge in [0.15, 0.2) is 5.96 Å². The summed E-state index contributed by atoms with van der Waals surface area (Å²) in [5.41, 5.74) is 2.17. The van der Waals surface area contributed by atoms with Gasteiger partial charge in [0.25, 0.3) is 0 Å². The van der Waals surface area contributed by atoms with Crippen LogP contribution in [0.3, 0.4) is 0 Å². The number of nitrogens with one attached hydrogen (secondary N) is 2. The van der Waals surface area contributed by atoms with Crippen molar-refractivity contribution < 1.29 is 9.13 Å². The molecule has 0 saturated carbocycles. The van der Waals surface area contributed by atoms with Crippen LogP contribution in [0, 0.1) is 5.82 Å².